The van der Waals surface area contributed by atoms with Gasteiger partial charge in [-0.2, -0.15) is 0 Å². The lowest BCUT2D eigenvalue weighted by Gasteiger charge is -2.06. The Morgan fingerprint density at radius 1 is 1.10 bits per heavy atom. The predicted octanol–water partition coefficient (Wildman–Crippen LogP) is 4.52. The number of benzene rings is 1. The molecule has 0 aliphatic rings. The topological polar surface area (TPSA) is 98.0 Å². The number of nitrogens with one attached hydrogen (secondary N) is 1. The monoisotopic (exact) mass is 434 g/mol. The van der Waals surface area contributed by atoms with Gasteiger partial charge in [-0.15, -0.1) is 22.7 Å². The molecule has 3 heterocycles. The van der Waals surface area contributed by atoms with E-state index >= 15 is 0 Å². The third-order valence-corrected chi connectivity index (χ3v) is 6.41. The van der Waals surface area contributed by atoms with Crippen LogP contribution in [0.1, 0.15) is 20.9 Å². The van der Waals surface area contributed by atoms with Crippen molar-refractivity contribution in [3.05, 3.63) is 76.4 Å². The van der Waals surface area contributed by atoms with Crippen LogP contribution in [0.4, 0.5) is 5.00 Å². The van der Waals surface area contributed by atoms with E-state index in [-0.39, 0.29) is 12.3 Å². The van der Waals surface area contributed by atoms with Gasteiger partial charge in [0, 0.05) is 33.8 Å². The number of thiazole rings is 1. The number of anilines is 1. The number of hydrogen-bond acceptors (Lipinski definition) is 6. The molecule has 4 aromatic rings. The lowest BCUT2D eigenvalue weighted by Crippen LogP contribution is -2.18. The van der Waals surface area contributed by atoms with Gasteiger partial charge in [0.2, 0.25) is 5.91 Å². The summed E-state index contributed by atoms with van der Waals surface area (Å²) in [7, 11) is 0. The molecule has 0 saturated heterocycles. The molecule has 0 fully saturated rings. The average Bonchev–Trinajstić information content (AvgIpc) is 3.33. The largest absolute Gasteiger partial charge is 0.365 e. The highest BCUT2D eigenvalue weighted by atomic mass is 32.1. The van der Waals surface area contributed by atoms with Gasteiger partial charge < -0.3 is 11.1 Å². The van der Waals surface area contributed by atoms with Gasteiger partial charge in [-0.05, 0) is 24.6 Å². The van der Waals surface area contributed by atoms with Crippen LogP contribution in [-0.2, 0) is 11.2 Å². The smallest absolute Gasteiger partial charge is 0.252 e. The highest BCUT2D eigenvalue weighted by Crippen LogP contribution is 2.39. The number of nitrogens with two attached hydrogens (primary N) is 1. The van der Waals surface area contributed by atoms with Crippen LogP contribution in [0.5, 0.6) is 0 Å². The minimum atomic E-state index is -0.568. The van der Waals surface area contributed by atoms with Crippen molar-refractivity contribution in [2.45, 2.75) is 13.3 Å². The third kappa shape index (κ3) is 4.14. The summed E-state index contributed by atoms with van der Waals surface area (Å²) in [5.74, 6) is -0.817. The zero-order chi connectivity index (χ0) is 21.1. The summed E-state index contributed by atoms with van der Waals surface area (Å²) >= 11 is 2.81. The number of carbonyl (C=O) groups is 2. The fourth-order valence-corrected chi connectivity index (χ4v) is 5.07. The molecule has 150 valence electrons. The summed E-state index contributed by atoms with van der Waals surface area (Å²) in [4.78, 5) is 34.4. The molecule has 0 aliphatic heterocycles. The van der Waals surface area contributed by atoms with Crippen LogP contribution in [0.15, 0.2) is 60.2 Å². The lowest BCUT2D eigenvalue weighted by molar-refractivity contribution is -0.115. The Bertz CT molecular complexity index is 1200. The van der Waals surface area contributed by atoms with Crippen LogP contribution >= 0.6 is 22.7 Å². The summed E-state index contributed by atoms with van der Waals surface area (Å²) in [6.07, 6.45) is 3.54. The van der Waals surface area contributed by atoms with Gasteiger partial charge in [-0.25, -0.2) is 4.98 Å². The molecule has 0 atom stereocenters. The number of aromatic nitrogens is 2. The highest BCUT2D eigenvalue weighted by molar-refractivity contribution is 7.17. The van der Waals surface area contributed by atoms with Crippen molar-refractivity contribution in [2.24, 2.45) is 5.73 Å². The standard InChI is InChI=1S/C22H18N4O2S2/c1-13-18(14-6-3-2-4-7-14)19(20(23)28)22(30-13)26-17(27)10-16-12-29-21(25-16)15-8-5-9-24-11-15/h2-9,11-12H,10H2,1H3,(H2,23,28)(H,26,27). The van der Waals surface area contributed by atoms with Crippen molar-refractivity contribution in [3.63, 3.8) is 0 Å². The first-order chi connectivity index (χ1) is 14.5. The number of thiophene rings is 1. The first kappa shape index (κ1) is 19.9. The summed E-state index contributed by atoms with van der Waals surface area (Å²) in [6.45, 7) is 1.91. The van der Waals surface area contributed by atoms with Crippen molar-refractivity contribution in [1.29, 1.82) is 0 Å². The molecule has 30 heavy (non-hydrogen) atoms. The molecule has 8 heteroatoms. The van der Waals surface area contributed by atoms with E-state index < -0.39 is 5.91 Å². The predicted molar refractivity (Wildman–Crippen MR) is 121 cm³/mol. The SMILES string of the molecule is Cc1sc(NC(=O)Cc2csc(-c3cccnc3)n2)c(C(N)=O)c1-c1ccccc1. The molecule has 0 radical (unpaired) electrons. The van der Waals surface area contributed by atoms with E-state index in [1.54, 1.807) is 12.4 Å². The molecule has 0 spiro atoms. The van der Waals surface area contributed by atoms with E-state index in [1.807, 2.05) is 54.8 Å². The maximum atomic E-state index is 12.7. The van der Waals surface area contributed by atoms with Crippen LogP contribution in [0.2, 0.25) is 0 Å². The Morgan fingerprint density at radius 2 is 1.87 bits per heavy atom. The van der Waals surface area contributed by atoms with E-state index in [9.17, 15) is 9.59 Å². The second kappa shape index (κ2) is 8.56. The zero-order valence-electron chi connectivity index (χ0n) is 16.1. The summed E-state index contributed by atoms with van der Waals surface area (Å²) < 4.78 is 0. The van der Waals surface area contributed by atoms with E-state index in [4.69, 9.17) is 5.73 Å². The number of carbonyl (C=O) groups excluding carboxylic acids is 2. The number of primary amides is 1. The molecular formula is C22H18N4O2S2. The Balaban J connectivity index is 1.55. The summed E-state index contributed by atoms with van der Waals surface area (Å²) in [6, 6.07) is 13.3. The van der Waals surface area contributed by atoms with Gasteiger partial charge >= 0.3 is 0 Å². The Kier molecular flexibility index (Phi) is 5.69. The van der Waals surface area contributed by atoms with Crippen molar-refractivity contribution in [1.82, 2.24) is 9.97 Å². The molecule has 0 aliphatic carbocycles. The van der Waals surface area contributed by atoms with Crippen LogP contribution in [0.3, 0.4) is 0 Å². The molecule has 3 N–H and O–H groups in total. The Morgan fingerprint density at radius 3 is 2.57 bits per heavy atom. The molecule has 2 amide bonds. The number of aryl methyl sites for hydroxylation is 1. The Labute approximate surface area is 181 Å². The maximum Gasteiger partial charge on any atom is 0.252 e. The van der Waals surface area contributed by atoms with Gasteiger partial charge in [0.15, 0.2) is 0 Å². The normalized spacial score (nSPS) is 10.7. The molecular weight excluding hydrogens is 416 g/mol. The minimum Gasteiger partial charge on any atom is -0.365 e. The minimum absolute atomic E-state index is 0.104. The van der Waals surface area contributed by atoms with Crippen molar-refractivity contribution < 1.29 is 9.59 Å². The third-order valence-electron chi connectivity index (χ3n) is 4.45. The van der Waals surface area contributed by atoms with Crippen LogP contribution in [-0.4, -0.2) is 21.8 Å². The molecule has 1 aromatic carbocycles. The molecule has 0 saturated carbocycles. The summed E-state index contributed by atoms with van der Waals surface area (Å²) in [5, 5.41) is 5.98. The zero-order valence-corrected chi connectivity index (χ0v) is 17.7. The average molecular weight is 435 g/mol. The van der Waals surface area contributed by atoms with Crippen molar-refractivity contribution in [3.8, 4) is 21.7 Å². The van der Waals surface area contributed by atoms with Gasteiger partial charge in [0.25, 0.3) is 5.91 Å². The lowest BCUT2D eigenvalue weighted by atomic mass is 10.0. The number of hydrogen-bond donors (Lipinski definition) is 2. The molecule has 0 bridgehead atoms. The van der Waals surface area contributed by atoms with Crippen molar-refractivity contribution >= 4 is 39.5 Å². The number of rotatable bonds is 6. The van der Waals surface area contributed by atoms with Crippen LogP contribution < -0.4 is 11.1 Å². The van der Waals surface area contributed by atoms with E-state index in [1.165, 1.54) is 22.7 Å². The molecule has 6 nitrogen and oxygen atoms in total. The molecule has 0 unspecified atom stereocenters. The maximum absolute atomic E-state index is 12.7. The molecule has 4 rings (SSSR count). The number of amides is 2. The van der Waals surface area contributed by atoms with Gasteiger partial charge in [0.1, 0.15) is 10.0 Å². The van der Waals surface area contributed by atoms with E-state index in [0.29, 0.717) is 16.3 Å². The molecule has 3 aromatic heterocycles. The first-order valence-corrected chi connectivity index (χ1v) is 10.9. The van der Waals surface area contributed by atoms with Crippen LogP contribution in [0.25, 0.3) is 21.7 Å². The van der Waals surface area contributed by atoms with Gasteiger partial charge in [0.05, 0.1) is 17.7 Å². The highest BCUT2D eigenvalue weighted by Gasteiger charge is 2.23. The van der Waals surface area contributed by atoms with Gasteiger partial charge in [-0.3, -0.25) is 14.6 Å². The van der Waals surface area contributed by atoms with Crippen LogP contribution in [0, 0.1) is 6.92 Å². The van der Waals surface area contributed by atoms with Gasteiger partial charge in [-0.1, -0.05) is 30.3 Å². The second-order valence-electron chi connectivity index (χ2n) is 6.58. The van der Waals surface area contributed by atoms with Crippen molar-refractivity contribution in [2.75, 3.05) is 5.32 Å². The fourth-order valence-electron chi connectivity index (χ4n) is 3.17. The number of nitrogens with zero attached hydrogens (tertiary/aromatic N) is 2. The van der Waals surface area contributed by atoms with E-state index in [2.05, 4.69) is 15.3 Å². The Hall–Kier alpha value is -3.36. The second-order valence-corrected chi connectivity index (χ2v) is 8.66. The number of pyridine rings is 1. The first-order valence-electron chi connectivity index (χ1n) is 9.16. The van der Waals surface area contributed by atoms with E-state index in [0.717, 1.165) is 26.6 Å². The quantitative estimate of drug-likeness (QED) is 0.466. The fraction of sp³-hybridized carbons (Fsp3) is 0.0909. The summed E-state index contributed by atoms with van der Waals surface area (Å²) in [5.41, 5.74) is 9.22.